The predicted octanol–water partition coefficient (Wildman–Crippen LogP) is 3.80. The van der Waals surface area contributed by atoms with Crippen molar-refractivity contribution < 1.29 is 9.32 Å². The third kappa shape index (κ3) is 2.57. The third-order valence-electron chi connectivity index (χ3n) is 3.82. The van der Waals surface area contributed by atoms with Crippen molar-refractivity contribution in [3.63, 3.8) is 0 Å². The zero-order chi connectivity index (χ0) is 15.8. The molecule has 0 saturated heterocycles. The van der Waals surface area contributed by atoms with Crippen LogP contribution in [0.3, 0.4) is 0 Å². The molecule has 2 aromatic heterocycles. The van der Waals surface area contributed by atoms with E-state index >= 15 is 0 Å². The lowest BCUT2D eigenvalue weighted by Crippen LogP contribution is -2.14. The molecular formula is C18H15N3O2. The Labute approximate surface area is 132 Å². The SMILES string of the molecule is Cc1cc2cc(NC(=O)Cc3noc4ccccc34)ccc2[nH]1. The number of hydrogen-bond donors (Lipinski definition) is 2. The van der Waals surface area contributed by atoms with Gasteiger partial charge in [-0.2, -0.15) is 0 Å². The molecule has 0 atom stereocenters. The molecule has 0 bridgehead atoms. The Morgan fingerprint density at radius 2 is 2.09 bits per heavy atom. The molecule has 4 rings (SSSR count). The molecule has 1 amide bonds. The van der Waals surface area contributed by atoms with Gasteiger partial charge in [0.15, 0.2) is 5.58 Å². The van der Waals surface area contributed by atoms with Gasteiger partial charge >= 0.3 is 0 Å². The van der Waals surface area contributed by atoms with E-state index in [0.29, 0.717) is 11.3 Å². The maximum Gasteiger partial charge on any atom is 0.230 e. The highest BCUT2D eigenvalue weighted by Crippen LogP contribution is 2.21. The maximum atomic E-state index is 12.3. The smallest absolute Gasteiger partial charge is 0.230 e. The van der Waals surface area contributed by atoms with Crippen molar-refractivity contribution in [1.82, 2.24) is 10.1 Å². The number of amides is 1. The number of carbonyl (C=O) groups excluding carboxylic acids is 1. The molecule has 2 heterocycles. The van der Waals surface area contributed by atoms with Gasteiger partial charge in [-0.15, -0.1) is 0 Å². The van der Waals surface area contributed by atoms with Crippen LogP contribution in [0.5, 0.6) is 0 Å². The number of nitrogens with zero attached hydrogens (tertiary/aromatic N) is 1. The molecule has 5 heteroatoms. The van der Waals surface area contributed by atoms with Crippen LogP contribution in [0.25, 0.3) is 21.9 Å². The first-order valence-electron chi connectivity index (χ1n) is 7.41. The first-order chi connectivity index (χ1) is 11.2. The van der Waals surface area contributed by atoms with Gasteiger partial charge in [0, 0.05) is 27.7 Å². The molecule has 2 aromatic carbocycles. The topological polar surface area (TPSA) is 70.9 Å². The number of carbonyl (C=O) groups is 1. The van der Waals surface area contributed by atoms with Crippen molar-refractivity contribution >= 4 is 33.5 Å². The van der Waals surface area contributed by atoms with Gasteiger partial charge in [0.1, 0.15) is 5.69 Å². The number of aromatic nitrogens is 2. The summed E-state index contributed by atoms with van der Waals surface area (Å²) in [7, 11) is 0. The number of anilines is 1. The average molecular weight is 305 g/mol. The Morgan fingerprint density at radius 1 is 1.22 bits per heavy atom. The van der Waals surface area contributed by atoms with Gasteiger partial charge in [-0.1, -0.05) is 17.3 Å². The van der Waals surface area contributed by atoms with Crippen molar-refractivity contribution in [2.45, 2.75) is 13.3 Å². The van der Waals surface area contributed by atoms with Crippen LogP contribution in [0, 0.1) is 6.92 Å². The second kappa shape index (κ2) is 5.28. The van der Waals surface area contributed by atoms with E-state index in [2.05, 4.69) is 21.5 Å². The molecule has 2 N–H and O–H groups in total. The molecule has 114 valence electrons. The van der Waals surface area contributed by atoms with Gasteiger partial charge in [0.25, 0.3) is 0 Å². The number of para-hydroxylation sites is 1. The molecule has 4 aromatic rings. The van der Waals surface area contributed by atoms with E-state index in [1.54, 1.807) is 0 Å². The lowest BCUT2D eigenvalue weighted by molar-refractivity contribution is -0.115. The highest BCUT2D eigenvalue weighted by molar-refractivity contribution is 5.96. The minimum absolute atomic E-state index is 0.115. The van der Waals surface area contributed by atoms with Crippen molar-refractivity contribution in [3.8, 4) is 0 Å². The Balaban J connectivity index is 1.54. The van der Waals surface area contributed by atoms with E-state index in [1.807, 2.05) is 49.4 Å². The summed E-state index contributed by atoms with van der Waals surface area (Å²) in [6.07, 6.45) is 0.182. The zero-order valence-electron chi connectivity index (χ0n) is 12.6. The Hall–Kier alpha value is -3.08. The molecule has 0 fully saturated rings. The average Bonchev–Trinajstić information content (AvgIpc) is 3.10. The number of rotatable bonds is 3. The molecule has 0 unspecified atom stereocenters. The molecule has 0 radical (unpaired) electrons. The van der Waals surface area contributed by atoms with Gasteiger partial charge in [-0.3, -0.25) is 4.79 Å². The van der Waals surface area contributed by atoms with Crippen LogP contribution in [0.15, 0.2) is 53.1 Å². The fraction of sp³-hybridized carbons (Fsp3) is 0.111. The number of fused-ring (bicyclic) bond motifs is 2. The van der Waals surface area contributed by atoms with Crippen LogP contribution in [0.2, 0.25) is 0 Å². The molecule has 0 aliphatic rings. The van der Waals surface area contributed by atoms with E-state index in [0.717, 1.165) is 27.7 Å². The summed E-state index contributed by atoms with van der Waals surface area (Å²) in [6.45, 7) is 2.01. The lowest BCUT2D eigenvalue weighted by Gasteiger charge is -2.04. The van der Waals surface area contributed by atoms with Crippen LogP contribution in [-0.4, -0.2) is 16.0 Å². The summed E-state index contributed by atoms with van der Waals surface area (Å²) in [5.41, 5.74) is 4.27. The Bertz CT molecular complexity index is 1010. The van der Waals surface area contributed by atoms with Crippen molar-refractivity contribution in [2.24, 2.45) is 0 Å². The van der Waals surface area contributed by atoms with Crippen LogP contribution >= 0.6 is 0 Å². The Kier molecular flexibility index (Phi) is 3.12. The van der Waals surface area contributed by atoms with Crippen molar-refractivity contribution in [1.29, 1.82) is 0 Å². The maximum absolute atomic E-state index is 12.3. The summed E-state index contributed by atoms with van der Waals surface area (Å²) in [6, 6.07) is 15.4. The van der Waals surface area contributed by atoms with E-state index in [-0.39, 0.29) is 12.3 Å². The molecule has 23 heavy (non-hydrogen) atoms. The van der Waals surface area contributed by atoms with Gasteiger partial charge in [-0.05, 0) is 43.3 Å². The summed E-state index contributed by atoms with van der Waals surface area (Å²) in [4.78, 5) is 15.5. The minimum atomic E-state index is -0.115. The molecule has 5 nitrogen and oxygen atoms in total. The number of hydrogen-bond acceptors (Lipinski definition) is 3. The number of benzene rings is 2. The van der Waals surface area contributed by atoms with E-state index in [1.165, 1.54) is 0 Å². The highest BCUT2D eigenvalue weighted by Gasteiger charge is 2.12. The van der Waals surface area contributed by atoms with Crippen LogP contribution in [-0.2, 0) is 11.2 Å². The quantitative estimate of drug-likeness (QED) is 0.605. The van der Waals surface area contributed by atoms with Crippen LogP contribution < -0.4 is 5.32 Å². The normalized spacial score (nSPS) is 11.2. The summed E-state index contributed by atoms with van der Waals surface area (Å²) in [5, 5.41) is 8.85. The van der Waals surface area contributed by atoms with E-state index < -0.39 is 0 Å². The predicted molar refractivity (Wildman–Crippen MR) is 89.4 cm³/mol. The zero-order valence-corrected chi connectivity index (χ0v) is 12.6. The van der Waals surface area contributed by atoms with Gasteiger partial charge in [0.2, 0.25) is 5.91 Å². The van der Waals surface area contributed by atoms with Crippen molar-refractivity contribution in [3.05, 3.63) is 59.9 Å². The fourth-order valence-corrected chi connectivity index (χ4v) is 2.78. The van der Waals surface area contributed by atoms with E-state index in [9.17, 15) is 4.79 Å². The van der Waals surface area contributed by atoms with Gasteiger partial charge in [-0.25, -0.2) is 0 Å². The number of nitrogens with one attached hydrogen (secondary N) is 2. The van der Waals surface area contributed by atoms with Crippen molar-refractivity contribution in [2.75, 3.05) is 5.32 Å². The summed E-state index contributed by atoms with van der Waals surface area (Å²) >= 11 is 0. The van der Waals surface area contributed by atoms with E-state index in [4.69, 9.17) is 4.52 Å². The second-order valence-corrected chi connectivity index (χ2v) is 5.60. The second-order valence-electron chi connectivity index (χ2n) is 5.60. The number of H-pyrrole nitrogens is 1. The first kappa shape index (κ1) is 13.6. The monoisotopic (exact) mass is 305 g/mol. The minimum Gasteiger partial charge on any atom is -0.359 e. The molecule has 0 saturated carbocycles. The van der Waals surface area contributed by atoms with Crippen LogP contribution in [0.4, 0.5) is 5.69 Å². The molecule has 0 spiro atoms. The molecule has 0 aliphatic carbocycles. The van der Waals surface area contributed by atoms with Gasteiger partial charge in [0.05, 0.1) is 6.42 Å². The summed E-state index contributed by atoms with van der Waals surface area (Å²) < 4.78 is 5.23. The molecular weight excluding hydrogens is 290 g/mol. The fourth-order valence-electron chi connectivity index (χ4n) is 2.78. The van der Waals surface area contributed by atoms with Gasteiger partial charge < -0.3 is 14.8 Å². The molecule has 0 aliphatic heterocycles. The summed E-state index contributed by atoms with van der Waals surface area (Å²) in [5.74, 6) is -0.115. The third-order valence-corrected chi connectivity index (χ3v) is 3.82. The lowest BCUT2D eigenvalue weighted by atomic mass is 10.1. The first-order valence-corrected chi connectivity index (χ1v) is 7.41. The highest BCUT2D eigenvalue weighted by atomic mass is 16.5. The Morgan fingerprint density at radius 3 is 3.00 bits per heavy atom. The standard InChI is InChI=1S/C18H15N3O2/c1-11-8-12-9-13(6-7-15(12)19-11)20-18(22)10-16-14-4-2-3-5-17(14)23-21-16/h2-9,19H,10H2,1H3,(H,20,22). The largest absolute Gasteiger partial charge is 0.359 e. The van der Waals surface area contributed by atoms with Crippen LogP contribution in [0.1, 0.15) is 11.4 Å². The number of aryl methyl sites for hydroxylation is 1. The number of aromatic amines is 1.